The van der Waals surface area contributed by atoms with Crippen molar-refractivity contribution in [3.8, 4) is 0 Å². The van der Waals surface area contributed by atoms with Crippen molar-refractivity contribution < 1.29 is 9.59 Å². The number of hydrogen-bond acceptors (Lipinski definition) is 5. The first-order valence-corrected chi connectivity index (χ1v) is 10.6. The summed E-state index contributed by atoms with van der Waals surface area (Å²) in [5.74, 6) is -0.109. The van der Waals surface area contributed by atoms with E-state index in [1.807, 2.05) is 10.3 Å². The normalized spacial score (nSPS) is 16.9. The molecule has 1 fully saturated rings. The van der Waals surface area contributed by atoms with Gasteiger partial charge in [-0.2, -0.15) is 0 Å². The minimum Gasteiger partial charge on any atom is -0.355 e. The van der Waals surface area contributed by atoms with Crippen LogP contribution in [-0.4, -0.2) is 47.4 Å². The number of nitrogens with zero attached hydrogens (tertiary/aromatic N) is 2. The molecule has 1 saturated heterocycles. The van der Waals surface area contributed by atoms with Crippen LogP contribution in [-0.2, 0) is 16.0 Å². The number of thiazole rings is 1. The summed E-state index contributed by atoms with van der Waals surface area (Å²) in [7, 11) is 0. The van der Waals surface area contributed by atoms with E-state index >= 15 is 0 Å². The van der Waals surface area contributed by atoms with Crippen molar-refractivity contribution in [3.05, 3.63) is 46.0 Å². The van der Waals surface area contributed by atoms with Crippen LogP contribution in [0.1, 0.15) is 35.1 Å². The van der Waals surface area contributed by atoms with Crippen LogP contribution in [0.3, 0.4) is 0 Å². The molecule has 28 heavy (non-hydrogen) atoms. The fourth-order valence-corrected chi connectivity index (χ4v) is 4.49. The van der Waals surface area contributed by atoms with Gasteiger partial charge in [0, 0.05) is 18.1 Å². The molecule has 0 spiro atoms. The summed E-state index contributed by atoms with van der Waals surface area (Å²) in [6.07, 6.45) is 4.17. The monoisotopic (exact) mass is 400 g/mol. The molecule has 1 aromatic carbocycles. The van der Waals surface area contributed by atoms with Crippen LogP contribution in [0.15, 0.2) is 23.7 Å². The molecular weight excluding hydrogens is 372 g/mol. The van der Waals surface area contributed by atoms with Gasteiger partial charge in [-0.3, -0.25) is 14.5 Å². The summed E-state index contributed by atoms with van der Waals surface area (Å²) >= 11 is 1.40. The Balaban J connectivity index is 1.48. The summed E-state index contributed by atoms with van der Waals surface area (Å²) in [4.78, 5) is 30.9. The lowest BCUT2D eigenvalue weighted by Crippen LogP contribution is -2.45. The molecule has 0 radical (unpaired) electrons. The quantitative estimate of drug-likeness (QED) is 0.750. The van der Waals surface area contributed by atoms with Crippen molar-refractivity contribution >= 4 is 28.3 Å². The number of benzene rings is 1. The van der Waals surface area contributed by atoms with Gasteiger partial charge in [0.2, 0.25) is 11.8 Å². The number of likely N-dealkylation sites (tertiary alicyclic amines) is 1. The number of carbonyl (C=O) groups excluding carboxylic acids is 2. The Morgan fingerprint density at radius 2 is 2.00 bits per heavy atom. The number of carbonyl (C=O) groups is 2. The largest absolute Gasteiger partial charge is 0.355 e. The topological polar surface area (TPSA) is 74.3 Å². The Labute approximate surface area is 170 Å². The maximum absolute atomic E-state index is 12.5. The number of rotatable bonds is 7. The molecule has 2 aromatic rings. The summed E-state index contributed by atoms with van der Waals surface area (Å²) in [5, 5.41) is 8.28. The van der Waals surface area contributed by atoms with Crippen LogP contribution in [0.2, 0.25) is 0 Å². The number of hydrogen-bond donors (Lipinski definition) is 2. The number of anilines is 1. The van der Waals surface area contributed by atoms with E-state index in [2.05, 4.69) is 48.5 Å². The van der Waals surface area contributed by atoms with Crippen LogP contribution in [0, 0.1) is 20.8 Å². The van der Waals surface area contributed by atoms with Crippen molar-refractivity contribution in [2.75, 3.05) is 25.0 Å². The Hall–Kier alpha value is -2.25. The van der Waals surface area contributed by atoms with E-state index in [4.69, 9.17) is 0 Å². The van der Waals surface area contributed by atoms with Crippen molar-refractivity contribution in [3.63, 3.8) is 0 Å². The third kappa shape index (κ3) is 5.17. The van der Waals surface area contributed by atoms with Gasteiger partial charge >= 0.3 is 0 Å². The Kier molecular flexibility index (Phi) is 6.80. The van der Waals surface area contributed by atoms with E-state index in [1.54, 1.807) is 6.20 Å². The molecule has 2 N–H and O–H groups in total. The van der Waals surface area contributed by atoms with Gasteiger partial charge in [-0.05, 0) is 63.3 Å². The first kappa shape index (κ1) is 20.5. The molecule has 3 rings (SSSR count). The zero-order valence-electron chi connectivity index (χ0n) is 16.7. The number of nitrogens with one attached hydrogen (secondary N) is 2. The molecular formula is C21H28N4O2S. The molecule has 1 aliphatic heterocycles. The predicted octanol–water partition coefficient (Wildman–Crippen LogP) is 2.83. The fraction of sp³-hybridized carbons (Fsp3) is 0.476. The molecule has 0 bridgehead atoms. The van der Waals surface area contributed by atoms with E-state index in [-0.39, 0.29) is 24.4 Å². The number of amides is 2. The highest BCUT2D eigenvalue weighted by Crippen LogP contribution is 2.20. The van der Waals surface area contributed by atoms with E-state index in [1.165, 1.54) is 33.6 Å². The van der Waals surface area contributed by atoms with Gasteiger partial charge < -0.3 is 10.6 Å². The highest BCUT2D eigenvalue weighted by molar-refractivity contribution is 7.13. The molecule has 7 heteroatoms. The molecule has 1 unspecified atom stereocenters. The van der Waals surface area contributed by atoms with Gasteiger partial charge in [-0.1, -0.05) is 17.7 Å². The Morgan fingerprint density at radius 1 is 1.25 bits per heavy atom. The lowest BCUT2D eigenvalue weighted by molar-refractivity contribution is -0.124. The Morgan fingerprint density at radius 3 is 2.68 bits per heavy atom. The van der Waals surface area contributed by atoms with Crippen LogP contribution in [0.5, 0.6) is 0 Å². The Bertz CT molecular complexity index is 812. The van der Waals surface area contributed by atoms with Gasteiger partial charge in [0.1, 0.15) is 0 Å². The second kappa shape index (κ2) is 9.30. The SMILES string of the molecule is Cc1cc(C)c(CCNC(=O)CN2CCCC2C(=O)Nc2nccs2)c(C)c1. The average Bonchev–Trinajstić information content (AvgIpc) is 3.29. The molecule has 6 nitrogen and oxygen atoms in total. The molecule has 2 heterocycles. The smallest absolute Gasteiger partial charge is 0.243 e. The van der Waals surface area contributed by atoms with Crippen LogP contribution >= 0.6 is 11.3 Å². The van der Waals surface area contributed by atoms with Crippen molar-refractivity contribution in [1.82, 2.24) is 15.2 Å². The maximum atomic E-state index is 12.5. The average molecular weight is 401 g/mol. The molecule has 0 saturated carbocycles. The van der Waals surface area contributed by atoms with Crippen LogP contribution < -0.4 is 10.6 Å². The van der Waals surface area contributed by atoms with Gasteiger partial charge in [-0.25, -0.2) is 4.98 Å². The van der Waals surface area contributed by atoms with Crippen molar-refractivity contribution in [2.45, 2.75) is 46.1 Å². The molecule has 1 atom stereocenters. The first-order valence-electron chi connectivity index (χ1n) is 9.72. The second-order valence-corrected chi connectivity index (χ2v) is 8.33. The van der Waals surface area contributed by atoms with Crippen molar-refractivity contribution in [1.29, 1.82) is 0 Å². The van der Waals surface area contributed by atoms with Crippen LogP contribution in [0.4, 0.5) is 5.13 Å². The van der Waals surface area contributed by atoms with Gasteiger partial charge in [0.15, 0.2) is 5.13 Å². The summed E-state index contributed by atoms with van der Waals surface area (Å²) in [5.41, 5.74) is 5.10. The summed E-state index contributed by atoms with van der Waals surface area (Å²) in [6, 6.07) is 4.09. The highest BCUT2D eigenvalue weighted by atomic mass is 32.1. The number of aromatic nitrogens is 1. The first-order chi connectivity index (χ1) is 13.4. The molecule has 150 valence electrons. The third-order valence-electron chi connectivity index (χ3n) is 5.21. The molecule has 0 aliphatic carbocycles. The summed E-state index contributed by atoms with van der Waals surface area (Å²) < 4.78 is 0. The second-order valence-electron chi connectivity index (χ2n) is 7.43. The molecule has 1 aliphatic rings. The number of aryl methyl sites for hydroxylation is 3. The molecule has 1 aromatic heterocycles. The van der Waals surface area contributed by atoms with E-state index in [0.29, 0.717) is 11.7 Å². The maximum Gasteiger partial charge on any atom is 0.243 e. The fourth-order valence-electron chi connectivity index (χ4n) is 3.96. The van der Waals surface area contributed by atoms with E-state index in [9.17, 15) is 9.59 Å². The lowest BCUT2D eigenvalue weighted by Gasteiger charge is -2.22. The standard InChI is InChI=1S/C21H28N4O2S/c1-14-11-15(2)17(16(3)12-14)6-7-22-19(26)13-25-9-4-5-18(25)20(27)24-21-23-8-10-28-21/h8,10-12,18H,4-7,9,13H2,1-3H3,(H,22,26)(H,23,24,27). The lowest BCUT2D eigenvalue weighted by atomic mass is 9.97. The predicted molar refractivity (Wildman–Crippen MR) is 113 cm³/mol. The zero-order valence-corrected chi connectivity index (χ0v) is 17.6. The van der Waals surface area contributed by atoms with Crippen molar-refractivity contribution in [2.24, 2.45) is 0 Å². The highest BCUT2D eigenvalue weighted by Gasteiger charge is 2.32. The summed E-state index contributed by atoms with van der Waals surface area (Å²) in [6.45, 7) is 7.96. The van der Waals surface area contributed by atoms with Gasteiger partial charge in [0.25, 0.3) is 0 Å². The minimum atomic E-state index is -0.267. The van der Waals surface area contributed by atoms with Crippen LogP contribution in [0.25, 0.3) is 0 Å². The van der Waals surface area contributed by atoms with Gasteiger partial charge in [0.05, 0.1) is 12.6 Å². The zero-order chi connectivity index (χ0) is 20.1. The molecule has 2 amide bonds. The minimum absolute atomic E-state index is 0.0311. The van der Waals surface area contributed by atoms with E-state index < -0.39 is 0 Å². The van der Waals surface area contributed by atoms with Gasteiger partial charge in [-0.15, -0.1) is 11.3 Å². The van der Waals surface area contributed by atoms with E-state index in [0.717, 1.165) is 25.8 Å². The third-order valence-corrected chi connectivity index (χ3v) is 5.90.